The molecule has 0 atom stereocenters. The van der Waals surface area contributed by atoms with Gasteiger partial charge >= 0.3 is 17.1 Å². The van der Waals surface area contributed by atoms with Gasteiger partial charge in [0, 0.05) is 0 Å². The van der Waals surface area contributed by atoms with Gasteiger partial charge in [0.05, 0.1) is 0 Å². The minimum atomic E-state index is 0. The molecule has 0 aliphatic carbocycles. The Labute approximate surface area is 112 Å². The van der Waals surface area contributed by atoms with Crippen LogP contribution in [0.2, 0.25) is 0 Å². The van der Waals surface area contributed by atoms with Gasteiger partial charge in [-0.25, -0.2) is 0 Å². The van der Waals surface area contributed by atoms with E-state index in [9.17, 15) is 10.2 Å². The van der Waals surface area contributed by atoms with E-state index in [0.717, 1.165) is 0 Å². The van der Waals surface area contributed by atoms with Crippen LogP contribution < -0.4 is 22.5 Å². The van der Waals surface area contributed by atoms with Crippen LogP contribution in [0.4, 0.5) is 0 Å². The second-order valence-corrected chi connectivity index (χ2v) is 2.63. The Morgan fingerprint density at radius 3 is 0.882 bits per heavy atom. The maximum atomic E-state index is 10.3. The molecular weight excluding hydrogens is 260 g/mol. The van der Waals surface area contributed by atoms with Crippen LogP contribution in [0.1, 0.15) is 0 Å². The van der Waals surface area contributed by atoms with Crippen LogP contribution in [0.3, 0.4) is 0 Å². The fourth-order valence-electron chi connectivity index (χ4n) is 0.841. The van der Waals surface area contributed by atoms with Crippen molar-refractivity contribution in [2.75, 3.05) is 0 Å². The first-order valence-corrected chi connectivity index (χ1v) is 4.23. The van der Waals surface area contributed by atoms with Gasteiger partial charge in [-0.2, -0.15) is 0 Å². The van der Waals surface area contributed by atoms with Crippen molar-refractivity contribution in [2.24, 2.45) is 0 Å². The fourth-order valence-corrected chi connectivity index (χ4v) is 0.841. The zero-order chi connectivity index (χ0) is 10.2. The number of hydrogen-bond acceptors (Lipinski definition) is 4. The van der Waals surface area contributed by atoms with Crippen LogP contribution in [0.15, 0.2) is 60.7 Å². The second kappa shape index (κ2) is 12.5. The third-order valence-electron chi connectivity index (χ3n) is 1.49. The topological polar surface area (TPSA) is 116 Å². The van der Waals surface area contributed by atoms with Crippen LogP contribution >= 0.6 is 0 Å². The van der Waals surface area contributed by atoms with Gasteiger partial charge in [0.2, 0.25) is 0 Å². The van der Waals surface area contributed by atoms with E-state index in [1.165, 1.54) is 24.3 Å². The maximum absolute atomic E-state index is 10.3. The monoisotopic (exact) mass is 276 g/mol. The maximum Gasteiger partial charge on any atom is 2.00 e. The van der Waals surface area contributed by atoms with Gasteiger partial charge in [0.25, 0.3) is 0 Å². The van der Waals surface area contributed by atoms with Crippen LogP contribution in [0.25, 0.3) is 0 Å². The zero-order valence-electron chi connectivity index (χ0n) is 9.36. The molecule has 0 aliphatic heterocycles. The van der Waals surface area contributed by atoms with Crippen molar-refractivity contribution in [1.29, 1.82) is 0 Å². The van der Waals surface area contributed by atoms with E-state index in [2.05, 4.69) is 0 Å². The summed E-state index contributed by atoms with van der Waals surface area (Å²) in [6.45, 7) is 0. The van der Waals surface area contributed by atoms with Gasteiger partial charge in [-0.3, -0.25) is 0 Å². The first-order valence-electron chi connectivity index (χ1n) is 4.23. The summed E-state index contributed by atoms with van der Waals surface area (Å²) in [5, 5.41) is 20.5. The Bertz CT molecular complexity index is 320. The summed E-state index contributed by atoms with van der Waals surface area (Å²) in [5.41, 5.74) is 0. The Morgan fingerprint density at radius 1 is 0.529 bits per heavy atom. The molecule has 2 aromatic carbocycles. The predicted molar refractivity (Wildman–Crippen MR) is 61.8 cm³/mol. The van der Waals surface area contributed by atoms with Crippen LogP contribution in [-0.4, -0.2) is 0 Å². The first kappa shape index (κ1) is 20.8. The molecule has 0 amide bonds. The molecule has 0 aromatic heterocycles. The molecule has 0 bridgehead atoms. The summed E-state index contributed by atoms with van der Waals surface area (Å²) in [6, 6.07) is 16.7. The fraction of sp³-hybridized carbons (Fsp3) is 0. The number of rotatable bonds is 0. The van der Waals surface area contributed by atoms with Gasteiger partial charge in [-0.1, -0.05) is 60.7 Å². The Balaban J connectivity index is -0.000000196. The van der Waals surface area contributed by atoms with Crippen molar-refractivity contribution in [3.05, 3.63) is 60.7 Å². The molecule has 6 N–H and O–H groups in total. The Kier molecular flexibility index (Phi) is 15.4. The van der Waals surface area contributed by atoms with E-state index in [1.54, 1.807) is 24.3 Å². The van der Waals surface area contributed by atoms with E-state index in [-0.39, 0.29) is 40.9 Å². The van der Waals surface area contributed by atoms with Crippen molar-refractivity contribution in [2.45, 2.75) is 0 Å². The summed E-state index contributed by atoms with van der Waals surface area (Å²) in [6.07, 6.45) is 0. The minimum Gasteiger partial charge on any atom is -0.872 e. The van der Waals surface area contributed by atoms with E-state index in [4.69, 9.17) is 0 Å². The summed E-state index contributed by atoms with van der Waals surface area (Å²) >= 11 is 0. The molecular formula is C12H16FeN2O2. The van der Waals surface area contributed by atoms with Gasteiger partial charge in [-0.15, -0.1) is 11.5 Å². The standard InChI is InChI=1S/2C6H6O.Fe.2H3N/c2*7-6-4-2-1-3-5-6;;;/h2*1-5,7H;;2*1H3/q;;+2;;/p-2. The average Bonchev–Trinajstić information content (AvgIpc) is 2.21. The predicted octanol–water partition coefficient (Wildman–Crippen LogP) is 1.84. The molecule has 0 fully saturated rings. The van der Waals surface area contributed by atoms with Crippen molar-refractivity contribution >= 4 is 0 Å². The van der Waals surface area contributed by atoms with Crippen LogP contribution in [-0.2, 0) is 17.1 Å². The van der Waals surface area contributed by atoms with Gasteiger partial charge in [0.15, 0.2) is 0 Å². The number of benzene rings is 2. The smallest absolute Gasteiger partial charge is 0.872 e. The largest absolute Gasteiger partial charge is 2.00 e. The summed E-state index contributed by atoms with van der Waals surface area (Å²) in [7, 11) is 0. The molecule has 4 nitrogen and oxygen atoms in total. The van der Waals surface area contributed by atoms with Crippen LogP contribution in [0, 0.1) is 0 Å². The summed E-state index contributed by atoms with van der Waals surface area (Å²) < 4.78 is 0. The second-order valence-electron chi connectivity index (χ2n) is 2.63. The molecule has 17 heavy (non-hydrogen) atoms. The normalized spacial score (nSPS) is 7.06. The summed E-state index contributed by atoms with van der Waals surface area (Å²) in [5.74, 6) is 0.144. The molecule has 0 unspecified atom stereocenters. The SMILES string of the molecule is N.N.[Fe+2].[O-]c1ccccc1.[O-]c1ccccc1. The molecule has 0 aliphatic rings. The van der Waals surface area contributed by atoms with Gasteiger partial charge < -0.3 is 22.5 Å². The quantitative estimate of drug-likeness (QED) is 0.714. The van der Waals surface area contributed by atoms with E-state index in [0.29, 0.717) is 0 Å². The molecule has 2 rings (SSSR count). The van der Waals surface area contributed by atoms with E-state index in [1.807, 2.05) is 12.1 Å². The molecule has 5 heteroatoms. The first-order chi connectivity index (χ1) is 6.79. The van der Waals surface area contributed by atoms with Gasteiger partial charge in [0.1, 0.15) is 0 Å². The van der Waals surface area contributed by atoms with E-state index < -0.39 is 0 Å². The molecule has 0 heterocycles. The van der Waals surface area contributed by atoms with E-state index >= 15 is 0 Å². The van der Waals surface area contributed by atoms with Crippen molar-refractivity contribution < 1.29 is 27.3 Å². The molecule has 2 aromatic rings. The van der Waals surface area contributed by atoms with Gasteiger partial charge in [-0.05, 0) is 0 Å². The Hall–Kier alpha value is -1.52. The van der Waals surface area contributed by atoms with Crippen molar-refractivity contribution in [3.63, 3.8) is 0 Å². The zero-order valence-corrected chi connectivity index (χ0v) is 10.5. The number of para-hydroxylation sites is 2. The van der Waals surface area contributed by atoms with Crippen molar-refractivity contribution in [1.82, 2.24) is 12.3 Å². The average molecular weight is 276 g/mol. The van der Waals surface area contributed by atoms with Crippen molar-refractivity contribution in [3.8, 4) is 11.5 Å². The molecule has 94 valence electrons. The number of hydrogen-bond donors (Lipinski definition) is 2. The summed E-state index contributed by atoms with van der Waals surface area (Å²) in [4.78, 5) is 0. The van der Waals surface area contributed by atoms with Crippen LogP contribution in [0.5, 0.6) is 11.5 Å². The molecule has 0 spiro atoms. The Morgan fingerprint density at radius 2 is 0.765 bits per heavy atom. The third kappa shape index (κ3) is 10.8. The molecule has 0 radical (unpaired) electrons. The third-order valence-corrected chi connectivity index (χ3v) is 1.49. The molecule has 0 saturated carbocycles. The minimum absolute atomic E-state index is 0. The molecule has 0 saturated heterocycles.